The fourth-order valence-electron chi connectivity index (χ4n) is 2.72. The summed E-state index contributed by atoms with van der Waals surface area (Å²) in [5.41, 5.74) is 0.696. The Hall–Kier alpha value is -2.15. The fourth-order valence-corrected chi connectivity index (χ4v) is 4.71. The van der Waals surface area contributed by atoms with Crippen LogP contribution >= 0.6 is 0 Å². The van der Waals surface area contributed by atoms with E-state index in [0.717, 1.165) is 10.4 Å². The van der Waals surface area contributed by atoms with Crippen molar-refractivity contribution in [1.29, 1.82) is 0 Å². The Morgan fingerprint density at radius 3 is 2.00 bits per heavy atom. The van der Waals surface area contributed by atoms with Crippen LogP contribution in [0.2, 0.25) is 0 Å². The molecule has 0 amide bonds. The molecule has 1 unspecified atom stereocenters. The lowest BCUT2D eigenvalue weighted by atomic mass is 9.87. The topological polar surface area (TPSA) is 65.0 Å². The van der Waals surface area contributed by atoms with Crippen LogP contribution in [-0.2, 0) is 19.3 Å². The molecule has 1 atom stereocenters. The summed E-state index contributed by atoms with van der Waals surface area (Å²) in [4.78, 5) is 11.7. The number of benzene rings is 2. The van der Waals surface area contributed by atoms with Gasteiger partial charge in [-0.3, -0.25) is 0 Å². The Morgan fingerprint density at radius 2 is 1.47 bits per heavy atom. The predicted molar refractivity (Wildman–Crippen MR) is 121 cm³/mol. The van der Waals surface area contributed by atoms with Gasteiger partial charge in [0, 0.05) is 0 Å². The van der Waals surface area contributed by atoms with Gasteiger partial charge in [-0.15, -0.1) is 0 Å². The number of rotatable bonds is 7. The van der Waals surface area contributed by atoms with Gasteiger partial charge >= 0.3 is 6.16 Å². The number of ether oxygens (including phenoxy) is 2. The monoisotopic (exact) mass is 429 g/mol. The summed E-state index contributed by atoms with van der Waals surface area (Å²) in [6.45, 7) is 11.7. The van der Waals surface area contributed by atoms with Crippen LogP contribution in [0.5, 0.6) is 0 Å². The van der Waals surface area contributed by atoms with E-state index in [1.165, 1.54) is 5.56 Å². The van der Waals surface area contributed by atoms with E-state index in [9.17, 15) is 9.90 Å². The average molecular weight is 430 g/mol. The van der Waals surface area contributed by atoms with Crippen molar-refractivity contribution in [3.63, 3.8) is 0 Å². The Labute approximate surface area is 181 Å². The van der Waals surface area contributed by atoms with Crippen molar-refractivity contribution in [2.45, 2.75) is 58.7 Å². The Kier molecular flexibility index (Phi) is 8.23. The summed E-state index contributed by atoms with van der Waals surface area (Å²) in [6, 6.07) is 18.5. The summed E-state index contributed by atoms with van der Waals surface area (Å²) in [6.07, 6.45) is -1.73. The van der Waals surface area contributed by atoms with Crippen molar-refractivity contribution < 1.29 is 23.8 Å². The first-order valence-corrected chi connectivity index (χ1v) is 11.6. The van der Waals surface area contributed by atoms with E-state index in [1.807, 2.05) is 30.3 Å². The summed E-state index contributed by atoms with van der Waals surface area (Å²) < 4.78 is 16.2. The molecule has 2 rings (SSSR count). The Bertz CT molecular complexity index is 791. The largest absolute Gasteiger partial charge is 0.508 e. The number of aliphatic hydroxyl groups is 1. The minimum absolute atomic E-state index is 0.0625. The van der Waals surface area contributed by atoms with E-state index in [0.29, 0.717) is 0 Å². The highest BCUT2D eigenvalue weighted by molar-refractivity contribution is 6.80. The van der Waals surface area contributed by atoms with Crippen LogP contribution in [0.15, 0.2) is 54.6 Å². The van der Waals surface area contributed by atoms with E-state index in [1.54, 1.807) is 20.8 Å². The van der Waals surface area contributed by atoms with Crippen molar-refractivity contribution in [2.75, 3.05) is 13.2 Å². The highest BCUT2D eigenvalue weighted by Gasteiger charge is 2.23. The van der Waals surface area contributed by atoms with Crippen molar-refractivity contribution in [1.82, 2.24) is 0 Å². The summed E-state index contributed by atoms with van der Waals surface area (Å²) in [5, 5.41) is 12.4. The molecule has 6 heteroatoms. The third kappa shape index (κ3) is 7.93. The average Bonchev–Trinajstić information content (AvgIpc) is 2.66. The molecule has 0 bridgehead atoms. The summed E-state index contributed by atoms with van der Waals surface area (Å²) >= 11 is 0. The second kappa shape index (κ2) is 10.2. The molecule has 0 heterocycles. The second-order valence-corrected chi connectivity index (χ2v) is 11.4. The molecule has 0 fully saturated rings. The predicted octanol–water partition coefficient (Wildman–Crippen LogP) is 3.42. The van der Waals surface area contributed by atoms with Gasteiger partial charge in [0.15, 0.2) is 0 Å². The molecule has 2 aromatic carbocycles. The first-order chi connectivity index (χ1) is 14.0. The number of aliphatic hydroxyl groups excluding tert-OH is 1. The zero-order valence-corrected chi connectivity index (χ0v) is 19.8. The van der Waals surface area contributed by atoms with Crippen LogP contribution in [0.3, 0.4) is 0 Å². The molecule has 0 saturated heterocycles. The lowest BCUT2D eigenvalue weighted by molar-refractivity contribution is -0.0308. The molecule has 0 aliphatic carbocycles. The smallest absolute Gasteiger partial charge is 0.431 e. The van der Waals surface area contributed by atoms with Crippen LogP contribution in [0.4, 0.5) is 4.79 Å². The van der Waals surface area contributed by atoms with Crippen molar-refractivity contribution in [3.05, 3.63) is 60.2 Å². The van der Waals surface area contributed by atoms with Crippen LogP contribution < -0.4 is 10.4 Å². The van der Waals surface area contributed by atoms with Gasteiger partial charge in [-0.1, -0.05) is 75.4 Å². The van der Waals surface area contributed by atoms with Crippen molar-refractivity contribution in [2.24, 2.45) is 0 Å². The fraction of sp³-hybridized carbons (Fsp3) is 0.458. The van der Waals surface area contributed by atoms with Gasteiger partial charge in [-0.2, -0.15) is 0 Å². The molecule has 1 radical (unpaired) electrons. The maximum atomic E-state index is 11.7. The number of hydrogen-bond acceptors (Lipinski definition) is 5. The first kappa shape index (κ1) is 24.1. The molecule has 1 N–H and O–H groups in total. The third-order valence-electron chi connectivity index (χ3n) is 4.25. The molecule has 163 valence electrons. The second-order valence-electron chi connectivity index (χ2n) is 9.26. The standard InChI is InChI=1S/C24H33O5Si/c1-23(2,3)18-12-14-21(15-13-18)30(20-10-8-7-9-11-20)28-17-19(25)16-27-22(26)29-24(4,5)6/h7-15,19,25H,16-17H2,1-6H3. The number of carbonyl (C=O) groups is 1. The van der Waals surface area contributed by atoms with Crippen molar-refractivity contribution in [3.8, 4) is 0 Å². The van der Waals surface area contributed by atoms with Crippen molar-refractivity contribution >= 4 is 25.6 Å². The number of hydrogen-bond donors (Lipinski definition) is 1. The molecule has 30 heavy (non-hydrogen) atoms. The Morgan fingerprint density at radius 1 is 0.900 bits per heavy atom. The normalized spacial score (nSPS) is 13.2. The van der Waals surface area contributed by atoms with Gasteiger partial charge in [0.05, 0.1) is 6.61 Å². The zero-order chi connectivity index (χ0) is 22.4. The maximum absolute atomic E-state index is 11.7. The van der Waals surface area contributed by atoms with Crippen LogP contribution in [-0.4, -0.2) is 45.2 Å². The minimum Gasteiger partial charge on any atom is -0.431 e. The van der Waals surface area contributed by atoms with Gasteiger partial charge in [-0.25, -0.2) is 4.79 Å². The lowest BCUT2D eigenvalue weighted by Crippen LogP contribution is -2.46. The van der Waals surface area contributed by atoms with Gasteiger partial charge in [-0.05, 0) is 42.1 Å². The molecule has 5 nitrogen and oxygen atoms in total. The molecule has 0 aromatic heterocycles. The highest BCUT2D eigenvalue weighted by Crippen LogP contribution is 2.20. The maximum Gasteiger partial charge on any atom is 0.508 e. The highest BCUT2D eigenvalue weighted by atomic mass is 28.3. The minimum atomic E-state index is -1.55. The van der Waals surface area contributed by atoms with E-state index in [4.69, 9.17) is 13.9 Å². The zero-order valence-electron chi connectivity index (χ0n) is 18.8. The quantitative estimate of drug-likeness (QED) is 0.540. The molecule has 0 saturated carbocycles. The van der Waals surface area contributed by atoms with E-state index in [-0.39, 0.29) is 18.6 Å². The van der Waals surface area contributed by atoms with Crippen LogP contribution in [0, 0.1) is 0 Å². The summed E-state index contributed by atoms with van der Waals surface area (Å²) in [7, 11) is -1.55. The Balaban J connectivity index is 2.04. The number of carbonyl (C=O) groups excluding carboxylic acids is 1. The molecule has 0 spiro atoms. The first-order valence-electron chi connectivity index (χ1n) is 10.2. The molecule has 0 aliphatic heterocycles. The SMILES string of the molecule is CC(C)(C)OC(=O)OCC(O)CO[Si](c1ccccc1)c1ccc(C(C)(C)C)cc1. The molecule has 2 aromatic rings. The van der Waals surface area contributed by atoms with Crippen LogP contribution in [0.25, 0.3) is 0 Å². The van der Waals surface area contributed by atoms with Gasteiger partial charge in [0.25, 0.3) is 9.04 Å². The molecule has 0 aliphatic rings. The van der Waals surface area contributed by atoms with Gasteiger partial charge in [0.1, 0.15) is 18.3 Å². The van der Waals surface area contributed by atoms with Crippen LogP contribution in [0.1, 0.15) is 47.1 Å². The molecular weight excluding hydrogens is 396 g/mol. The van der Waals surface area contributed by atoms with E-state index in [2.05, 4.69) is 45.0 Å². The van der Waals surface area contributed by atoms with Gasteiger partial charge in [0.2, 0.25) is 0 Å². The van der Waals surface area contributed by atoms with E-state index >= 15 is 0 Å². The third-order valence-corrected chi connectivity index (χ3v) is 6.42. The lowest BCUT2D eigenvalue weighted by Gasteiger charge is -2.22. The summed E-state index contributed by atoms with van der Waals surface area (Å²) in [5.74, 6) is 0. The van der Waals surface area contributed by atoms with Gasteiger partial charge < -0.3 is 19.0 Å². The molecular formula is C24H33O5Si. The van der Waals surface area contributed by atoms with E-state index < -0.39 is 26.9 Å².